The van der Waals surface area contributed by atoms with Gasteiger partial charge in [0.05, 0.1) is 0 Å². The van der Waals surface area contributed by atoms with Crippen molar-refractivity contribution in [3.8, 4) is 0 Å². The van der Waals surface area contributed by atoms with Crippen molar-refractivity contribution in [3.05, 3.63) is 36.4 Å². The Hall–Kier alpha value is -0.590. The number of hydrogen-bond acceptors (Lipinski definition) is 3. The van der Waals surface area contributed by atoms with Gasteiger partial charge in [-0.25, -0.2) is 0 Å². The zero-order chi connectivity index (χ0) is 12.6. The fourth-order valence-electron chi connectivity index (χ4n) is 1.88. The fourth-order valence-corrected chi connectivity index (χ4v) is 2.59. The van der Waals surface area contributed by atoms with E-state index in [1.165, 1.54) is 6.07 Å². The van der Waals surface area contributed by atoms with E-state index in [0.29, 0.717) is 5.39 Å². The minimum Gasteiger partial charge on any atom is -1.00 e. The van der Waals surface area contributed by atoms with Crippen LogP contribution in [0, 0.1) is 0 Å². The maximum absolute atomic E-state index is 11.3. The summed E-state index contributed by atoms with van der Waals surface area (Å²) in [5.41, 5.74) is 0.910. The molecule has 0 heterocycles. The van der Waals surface area contributed by atoms with Gasteiger partial charge in [0.2, 0.25) is 0 Å². The maximum Gasteiger partial charge on any atom is 1.00 e. The molecule has 0 unspecified atom stereocenters. The molecule has 0 spiro atoms. The van der Waals surface area contributed by atoms with Crippen LogP contribution in [0.1, 0.15) is 1.43 Å². The van der Waals surface area contributed by atoms with Crippen molar-refractivity contribution in [3.63, 3.8) is 0 Å². The van der Waals surface area contributed by atoms with E-state index in [1.54, 1.807) is 18.2 Å². The molecule has 0 aliphatic heterocycles. The topological polar surface area (TPSA) is 57.6 Å². The van der Waals surface area contributed by atoms with Gasteiger partial charge < -0.3 is 6.33 Å². The molecule has 2 rings (SSSR count). The van der Waals surface area contributed by atoms with Crippen LogP contribution in [-0.4, -0.2) is 27.1 Å². The van der Waals surface area contributed by atoms with Crippen LogP contribution in [-0.2, 0) is 10.1 Å². The first-order valence-corrected chi connectivity index (χ1v) is 6.52. The molecule has 0 atom stereocenters. The van der Waals surface area contributed by atoms with Gasteiger partial charge in [0.25, 0.3) is 10.1 Å². The minimum absolute atomic E-state index is 0. The Kier molecular flexibility index (Phi) is 4.80. The molecule has 0 aliphatic rings. The molecule has 6 heteroatoms. The maximum atomic E-state index is 11.3. The summed E-state index contributed by atoms with van der Waals surface area (Å²) < 4.78 is 31.7. The van der Waals surface area contributed by atoms with Crippen LogP contribution in [0.2, 0.25) is 0 Å². The van der Waals surface area contributed by atoms with Crippen LogP contribution in [0.25, 0.3) is 10.8 Å². The van der Waals surface area contributed by atoms with Crippen LogP contribution in [0.15, 0.2) is 41.3 Å². The molecule has 2 aromatic rings. The summed E-state index contributed by atoms with van der Waals surface area (Å²) in [6.45, 7) is 0. The smallest absolute Gasteiger partial charge is 1.00 e. The summed E-state index contributed by atoms with van der Waals surface area (Å²) in [7, 11) is -0.423. The Morgan fingerprint density at radius 1 is 1.06 bits per heavy atom. The predicted molar refractivity (Wildman–Crippen MR) is 69.2 cm³/mol. The third kappa shape index (κ3) is 2.87. The van der Waals surface area contributed by atoms with Gasteiger partial charge in [0, 0.05) is 30.6 Å². The Balaban J connectivity index is 0.00000162. The third-order valence-corrected chi connectivity index (χ3v) is 3.53. The standard InChI is InChI=1S/C12H13NO3S.Na.H/c1-13(2)11-7-3-6-10-9(11)5-4-8-12(10)17(14,15)16;;/h3-8H,1-2H3,(H,14,15,16);;/q;+1;-1. The second-order valence-corrected chi connectivity index (χ2v) is 5.39. The van der Waals surface area contributed by atoms with Crippen LogP contribution < -0.4 is 34.5 Å². The SMILES string of the molecule is CN(C)c1cccc2c(S(=O)(=O)O)cccc12.[H-].[Na+]. The Bertz CT molecular complexity index is 674. The van der Waals surface area contributed by atoms with Crippen molar-refractivity contribution in [2.24, 2.45) is 0 Å². The first-order chi connectivity index (χ1) is 7.91. The van der Waals surface area contributed by atoms with Crippen LogP contribution in [0.5, 0.6) is 0 Å². The molecular weight excluding hydrogens is 261 g/mol. The summed E-state index contributed by atoms with van der Waals surface area (Å²) >= 11 is 0. The van der Waals surface area contributed by atoms with E-state index in [1.807, 2.05) is 31.1 Å². The predicted octanol–water partition coefficient (Wildman–Crippen LogP) is -0.731. The van der Waals surface area contributed by atoms with E-state index in [0.717, 1.165) is 11.1 Å². The van der Waals surface area contributed by atoms with Gasteiger partial charge in [-0.15, -0.1) is 0 Å². The zero-order valence-corrected chi connectivity index (χ0v) is 13.4. The summed E-state index contributed by atoms with van der Waals surface area (Å²) in [4.78, 5) is 1.84. The van der Waals surface area contributed by atoms with E-state index in [-0.39, 0.29) is 35.9 Å². The molecule has 4 nitrogen and oxygen atoms in total. The molecule has 1 N–H and O–H groups in total. The molecule has 0 saturated carbocycles. The molecule has 92 valence electrons. The first kappa shape index (κ1) is 15.5. The largest absolute Gasteiger partial charge is 1.00 e. The molecular formula is C12H14NNaO3S. The van der Waals surface area contributed by atoms with Gasteiger partial charge in [-0.05, 0) is 12.1 Å². The number of benzene rings is 2. The van der Waals surface area contributed by atoms with Crippen molar-refractivity contribution >= 4 is 26.6 Å². The van der Waals surface area contributed by atoms with E-state index >= 15 is 0 Å². The monoisotopic (exact) mass is 275 g/mol. The fraction of sp³-hybridized carbons (Fsp3) is 0.167. The Morgan fingerprint density at radius 3 is 2.17 bits per heavy atom. The van der Waals surface area contributed by atoms with Crippen molar-refractivity contribution < 1.29 is 44.0 Å². The van der Waals surface area contributed by atoms with Crippen molar-refractivity contribution in [2.45, 2.75) is 4.90 Å². The van der Waals surface area contributed by atoms with E-state index < -0.39 is 10.1 Å². The normalized spacial score (nSPS) is 11.1. The second-order valence-electron chi connectivity index (χ2n) is 4.00. The van der Waals surface area contributed by atoms with E-state index in [9.17, 15) is 13.0 Å². The molecule has 0 bridgehead atoms. The average Bonchev–Trinajstić information content (AvgIpc) is 2.26. The van der Waals surface area contributed by atoms with Crippen molar-refractivity contribution in [2.75, 3.05) is 19.0 Å². The summed E-state index contributed by atoms with van der Waals surface area (Å²) in [6.07, 6.45) is 0. The van der Waals surface area contributed by atoms with Crippen LogP contribution in [0.4, 0.5) is 5.69 Å². The molecule has 0 saturated heterocycles. The second kappa shape index (κ2) is 5.59. The molecule has 18 heavy (non-hydrogen) atoms. The van der Waals surface area contributed by atoms with Gasteiger partial charge in [-0.3, -0.25) is 4.55 Å². The van der Waals surface area contributed by atoms with Crippen LogP contribution >= 0.6 is 0 Å². The quantitative estimate of drug-likeness (QED) is 0.580. The van der Waals surface area contributed by atoms with Gasteiger partial charge in [0.15, 0.2) is 0 Å². The molecule has 0 aromatic heterocycles. The van der Waals surface area contributed by atoms with Gasteiger partial charge in [-0.1, -0.05) is 24.3 Å². The number of nitrogens with zero attached hydrogens (tertiary/aromatic N) is 1. The number of fused-ring (bicyclic) bond motifs is 1. The third-order valence-electron chi connectivity index (χ3n) is 2.62. The number of anilines is 1. The van der Waals surface area contributed by atoms with Crippen LogP contribution in [0.3, 0.4) is 0 Å². The van der Waals surface area contributed by atoms with E-state index in [4.69, 9.17) is 0 Å². The summed E-state index contributed by atoms with van der Waals surface area (Å²) in [5.74, 6) is 0. The number of hydrogen-bond donors (Lipinski definition) is 1. The Labute approximate surface area is 130 Å². The number of rotatable bonds is 2. The summed E-state index contributed by atoms with van der Waals surface area (Å²) in [6, 6.07) is 10.2. The van der Waals surface area contributed by atoms with Gasteiger partial charge in [-0.2, -0.15) is 8.42 Å². The first-order valence-electron chi connectivity index (χ1n) is 5.08. The average molecular weight is 275 g/mol. The molecule has 0 fully saturated rings. The van der Waals surface area contributed by atoms with Crippen molar-refractivity contribution in [1.82, 2.24) is 0 Å². The summed E-state index contributed by atoms with van der Waals surface area (Å²) in [5, 5.41) is 1.33. The Morgan fingerprint density at radius 2 is 1.61 bits per heavy atom. The van der Waals surface area contributed by atoms with E-state index in [2.05, 4.69) is 0 Å². The van der Waals surface area contributed by atoms with Crippen molar-refractivity contribution in [1.29, 1.82) is 0 Å². The molecule has 0 amide bonds. The van der Waals surface area contributed by atoms with Gasteiger partial charge in [0.1, 0.15) is 4.90 Å². The zero-order valence-electron chi connectivity index (χ0n) is 11.6. The van der Waals surface area contributed by atoms with Gasteiger partial charge >= 0.3 is 29.6 Å². The minimum atomic E-state index is -4.19. The molecule has 2 aromatic carbocycles. The molecule has 0 radical (unpaired) electrons. The molecule has 0 aliphatic carbocycles.